The van der Waals surface area contributed by atoms with Crippen LogP contribution in [0.25, 0.3) is 11.1 Å². The first-order valence-corrected chi connectivity index (χ1v) is 9.46. The largest absolute Gasteiger partial charge is 0.385 e. The molecule has 0 saturated carbocycles. The van der Waals surface area contributed by atoms with E-state index in [0.717, 1.165) is 6.42 Å². The second kappa shape index (κ2) is 6.95. The van der Waals surface area contributed by atoms with Crippen molar-refractivity contribution in [2.75, 3.05) is 0 Å². The lowest BCUT2D eigenvalue weighted by Crippen LogP contribution is -2.49. The third-order valence-corrected chi connectivity index (χ3v) is 5.70. The molecule has 0 aliphatic carbocycles. The van der Waals surface area contributed by atoms with E-state index in [1.165, 1.54) is 16.7 Å². The van der Waals surface area contributed by atoms with Crippen LogP contribution in [0.1, 0.15) is 25.8 Å². The molecule has 0 amide bonds. The quantitative estimate of drug-likeness (QED) is 0.744. The van der Waals surface area contributed by atoms with Crippen molar-refractivity contribution in [3.8, 4) is 11.1 Å². The Morgan fingerprint density at radius 2 is 1.85 bits per heavy atom. The summed E-state index contributed by atoms with van der Waals surface area (Å²) in [6.07, 6.45) is 6.71. The minimum atomic E-state index is -0.930. The molecule has 4 nitrogen and oxygen atoms in total. The van der Waals surface area contributed by atoms with Gasteiger partial charge in [-0.25, -0.2) is 4.98 Å². The Morgan fingerprint density at radius 1 is 1.11 bits per heavy atom. The molecule has 0 spiro atoms. The molecule has 1 aliphatic rings. The molecular weight excluding hydrogens is 336 g/mol. The summed E-state index contributed by atoms with van der Waals surface area (Å²) in [7, 11) is 0. The summed E-state index contributed by atoms with van der Waals surface area (Å²) in [5.41, 5.74) is 2.13. The third kappa shape index (κ3) is 3.55. The van der Waals surface area contributed by atoms with Crippen molar-refractivity contribution < 1.29 is 9.84 Å². The van der Waals surface area contributed by atoms with E-state index < -0.39 is 11.2 Å². The maximum absolute atomic E-state index is 11.4. The molecule has 1 saturated heterocycles. The molecule has 2 heterocycles. The van der Waals surface area contributed by atoms with Crippen LogP contribution in [0.2, 0.25) is 0 Å². The fraction of sp³-hybridized carbons (Fsp3) is 0.348. The Labute approximate surface area is 160 Å². The van der Waals surface area contributed by atoms with Crippen molar-refractivity contribution >= 4 is 0 Å². The van der Waals surface area contributed by atoms with E-state index in [4.69, 9.17) is 4.74 Å². The van der Waals surface area contributed by atoms with Crippen LogP contribution >= 0.6 is 0 Å². The maximum Gasteiger partial charge on any atom is 0.113 e. The van der Waals surface area contributed by atoms with Crippen LogP contribution in [0, 0.1) is 0 Å². The van der Waals surface area contributed by atoms with Gasteiger partial charge < -0.3 is 14.4 Å². The van der Waals surface area contributed by atoms with Gasteiger partial charge in [0.15, 0.2) is 0 Å². The van der Waals surface area contributed by atoms with Crippen molar-refractivity contribution in [2.45, 2.75) is 50.5 Å². The van der Waals surface area contributed by atoms with Gasteiger partial charge in [0, 0.05) is 18.8 Å². The lowest BCUT2D eigenvalue weighted by molar-refractivity contribution is -0.116. The van der Waals surface area contributed by atoms with Crippen LogP contribution in [-0.4, -0.2) is 32.0 Å². The molecule has 4 rings (SSSR count). The first-order valence-electron chi connectivity index (χ1n) is 9.46. The second-order valence-electron chi connectivity index (χ2n) is 7.95. The van der Waals surface area contributed by atoms with Crippen molar-refractivity contribution in [2.24, 2.45) is 0 Å². The van der Waals surface area contributed by atoms with Crippen LogP contribution in [0.5, 0.6) is 0 Å². The normalized spacial score (nSPS) is 24.2. The number of ether oxygens (including phenoxy) is 1. The lowest BCUT2D eigenvalue weighted by Gasteiger charge is -2.35. The molecular formula is C23H26N2O2. The highest BCUT2D eigenvalue weighted by Gasteiger charge is 2.53. The second-order valence-corrected chi connectivity index (χ2v) is 7.95. The van der Waals surface area contributed by atoms with Crippen LogP contribution < -0.4 is 0 Å². The van der Waals surface area contributed by atoms with Crippen molar-refractivity contribution in [1.29, 1.82) is 0 Å². The Kier molecular flexibility index (Phi) is 4.62. The van der Waals surface area contributed by atoms with Gasteiger partial charge >= 0.3 is 0 Å². The van der Waals surface area contributed by atoms with Gasteiger partial charge in [0.2, 0.25) is 0 Å². The van der Waals surface area contributed by atoms with E-state index >= 15 is 0 Å². The van der Waals surface area contributed by atoms with Crippen molar-refractivity contribution in [3.63, 3.8) is 0 Å². The van der Waals surface area contributed by atoms with Crippen LogP contribution in [0.4, 0.5) is 0 Å². The van der Waals surface area contributed by atoms with Gasteiger partial charge in [-0.15, -0.1) is 0 Å². The Balaban J connectivity index is 1.56. The standard InChI is InChI=1S/C23H26N2O2/c1-22(2)23(26,16-25-13-12-24-17-25)15-20(27-22)14-19-10-6-7-11-21(19)18-8-4-3-5-9-18/h3-13,17,20,26H,14-16H2,1-2H3. The van der Waals surface area contributed by atoms with Gasteiger partial charge in [-0.05, 0) is 37.0 Å². The van der Waals surface area contributed by atoms with Gasteiger partial charge in [-0.2, -0.15) is 0 Å². The summed E-state index contributed by atoms with van der Waals surface area (Å²) in [5.74, 6) is 0. The molecule has 1 N–H and O–H groups in total. The third-order valence-electron chi connectivity index (χ3n) is 5.70. The highest BCUT2D eigenvalue weighted by molar-refractivity contribution is 5.67. The first kappa shape index (κ1) is 18.0. The number of hydrogen-bond donors (Lipinski definition) is 1. The van der Waals surface area contributed by atoms with E-state index in [1.54, 1.807) is 12.5 Å². The fourth-order valence-corrected chi connectivity index (χ4v) is 4.08. The van der Waals surface area contributed by atoms with Gasteiger partial charge in [0.1, 0.15) is 5.60 Å². The number of benzene rings is 2. The summed E-state index contributed by atoms with van der Waals surface area (Å²) < 4.78 is 8.25. The predicted octanol–water partition coefficient (Wildman–Crippen LogP) is 4.09. The average Bonchev–Trinajstić information content (AvgIpc) is 3.22. The highest BCUT2D eigenvalue weighted by Crippen LogP contribution is 2.42. The van der Waals surface area contributed by atoms with Crippen LogP contribution in [-0.2, 0) is 17.7 Å². The molecule has 1 aliphatic heterocycles. The van der Waals surface area contributed by atoms with E-state index in [0.29, 0.717) is 13.0 Å². The van der Waals surface area contributed by atoms with Crippen LogP contribution in [0.15, 0.2) is 73.3 Å². The molecule has 3 aromatic rings. The van der Waals surface area contributed by atoms with E-state index in [-0.39, 0.29) is 6.10 Å². The number of rotatable bonds is 5. The van der Waals surface area contributed by atoms with Crippen molar-refractivity contribution in [3.05, 3.63) is 78.9 Å². The molecule has 140 valence electrons. The Bertz CT molecular complexity index is 890. The molecule has 1 fully saturated rings. The molecule has 4 heteroatoms. The van der Waals surface area contributed by atoms with Gasteiger partial charge in [-0.3, -0.25) is 0 Å². The Hall–Kier alpha value is -2.43. The van der Waals surface area contributed by atoms with Gasteiger partial charge in [0.25, 0.3) is 0 Å². The molecule has 1 aromatic heterocycles. The zero-order chi connectivity index (χ0) is 18.9. The Morgan fingerprint density at radius 3 is 2.59 bits per heavy atom. The minimum absolute atomic E-state index is 0.0293. The monoisotopic (exact) mass is 362 g/mol. The predicted molar refractivity (Wildman–Crippen MR) is 106 cm³/mol. The fourth-order valence-electron chi connectivity index (χ4n) is 4.08. The number of imidazole rings is 1. The van der Waals surface area contributed by atoms with E-state index in [1.807, 2.05) is 30.7 Å². The molecule has 2 aromatic carbocycles. The average molecular weight is 362 g/mol. The van der Waals surface area contributed by atoms with Crippen LogP contribution in [0.3, 0.4) is 0 Å². The molecule has 2 atom stereocenters. The maximum atomic E-state index is 11.4. The summed E-state index contributed by atoms with van der Waals surface area (Å²) in [6.45, 7) is 4.44. The molecule has 0 bridgehead atoms. The summed E-state index contributed by atoms with van der Waals surface area (Å²) >= 11 is 0. The highest BCUT2D eigenvalue weighted by atomic mass is 16.5. The van der Waals surface area contributed by atoms with E-state index in [9.17, 15) is 5.11 Å². The summed E-state index contributed by atoms with van der Waals surface area (Å²) in [4.78, 5) is 4.09. The van der Waals surface area contributed by atoms with Gasteiger partial charge in [-0.1, -0.05) is 54.6 Å². The number of hydrogen-bond acceptors (Lipinski definition) is 3. The topological polar surface area (TPSA) is 47.3 Å². The van der Waals surface area contributed by atoms with Gasteiger partial charge in [0.05, 0.1) is 24.6 Å². The molecule has 27 heavy (non-hydrogen) atoms. The smallest absolute Gasteiger partial charge is 0.113 e. The number of aliphatic hydroxyl groups is 1. The zero-order valence-electron chi connectivity index (χ0n) is 15.9. The SMILES string of the molecule is CC1(C)OC(Cc2ccccc2-c2ccccc2)CC1(O)Cn1ccnc1. The lowest BCUT2D eigenvalue weighted by atomic mass is 9.83. The molecule has 0 radical (unpaired) electrons. The van der Waals surface area contributed by atoms with Crippen molar-refractivity contribution in [1.82, 2.24) is 9.55 Å². The zero-order valence-corrected chi connectivity index (χ0v) is 15.9. The van der Waals surface area contributed by atoms with E-state index in [2.05, 4.69) is 53.5 Å². The first-order chi connectivity index (χ1) is 13.0. The minimum Gasteiger partial charge on any atom is -0.385 e. The molecule has 2 unspecified atom stereocenters. The number of aromatic nitrogens is 2. The summed E-state index contributed by atoms with van der Waals surface area (Å²) in [6, 6.07) is 18.9. The number of nitrogens with zero attached hydrogens (tertiary/aromatic N) is 2. The summed E-state index contributed by atoms with van der Waals surface area (Å²) in [5, 5.41) is 11.4.